The van der Waals surface area contributed by atoms with Crippen LogP contribution in [0.15, 0.2) is 17.3 Å². The Morgan fingerprint density at radius 1 is 1.14 bits per heavy atom. The normalized spacial score (nSPS) is 36.3. The standard InChI is InChI=1S/C26H43FN6O2S/c1-19-13-24(30-22-5-3-21(27)4-6-22)20(15-28)14-25(19)32-10-7-26(18-32)8-11-33(12-9-26)36(34,35)23-16-29-31(2)17-23/h15-17,19-22,24-25,28,30H,3-14,18H2,1-2H3. The molecule has 2 aliphatic carbocycles. The van der Waals surface area contributed by atoms with Crippen LogP contribution in [0.2, 0.25) is 0 Å². The van der Waals surface area contributed by atoms with Gasteiger partial charge in [-0.1, -0.05) is 6.92 Å². The first-order valence-corrected chi connectivity index (χ1v) is 15.3. The number of rotatable bonds is 6. The first kappa shape index (κ1) is 26.3. The summed E-state index contributed by atoms with van der Waals surface area (Å²) in [4.78, 5) is 2.93. The van der Waals surface area contributed by atoms with Crippen LogP contribution in [0.25, 0.3) is 0 Å². The summed E-state index contributed by atoms with van der Waals surface area (Å²) in [5.74, 6) is 0.759. The Balaban J connectivity index is 1.17. The van der Waals surface area contributed by atoms with Crippen LogP contribution in [0, 0.1) is 22.7 Å². The van der Waals surface area contributed by atoms with Gasteiger partial charge >= 0.3 is 0 Å². The highest BCUT2D eigenvalue weighted by Gasteiger charge is 2.47. The van der Waals surface area contributed by atoms with E-state index in [1.807, 2.05) is 0 Å². The maximum Gasteiger partial charge on any atom is 0.246 e. The van der Waals surface area contributed by atoms with Crippen molar-refractivity contribution in [1.82, 2.24) is 24.3 Å². The molecule has 0 bridgehead atoms. The molecule has 2 saturated carbocycles. The number of aryl methyl sites for hydroxylation is 1. The van der Waals surface area contributed by atoms with Crippen LogP contribution in [0.4, 0.5) is 4.39 Å². The summed E-state index contributed by atoms with van der Waals surface area (Å²) in [6, 6.07) is 1.16. The van der Waals surface area contributed by atoms with Crippen molar-refractivity contribution in [3.63, 3.8) is 0 Å². The molecule has 2 aliphatic heterocycles. The van der Waals surface area contributed by atoms with Crippen molar-refractivity contribution in [2.45, 2.75) is 93.9 Å². The van der Waals surface area contributed by atoms with Gasteiger partial charge in [-0.25, -0.2) is 12.8 Å². The molecule has 202 valence electrons. The van der Waals surface area contributed by atoms with E-state index in [1.165, 1.54) is 10.9 Å². The Hall–Kier alpha value is -1.36. The highest BCUT2D eigenvalue weighted by molar-refractivity contribution is 7.89. The topological polar surface area (TPSA) is 94.3 Å². The van der Waals surface area contributed by atoms with Crippen molar-refractivity contribution in [2.75, 3.05) is 26.2 Å². The Bertz CT molecular complexity index is 1020. The third kappa shape index (κ3) is 5.28. The van der Waals surface area contributed by atoms with Crippen LogP contribution in [0.1, 0.15) is 64.7 Å². The molecule has 2 saturated heterocycles. The molecule has 36 heavy (non-hydrogen) atoms. The van der Waals surface area contributed by atoms with Gasteiger partial charge in [0, 0.05) is 56.9 Å². The fourth-order valence-corrected chi connectivity index (χ4v) is 8.79. The van der Waals surface area contributed by atoms with Crippen molar-refractivity contribution in [2.24, 2.45) is 24.3 Å². The summed E-state index contributed by atoms with van der Waals surface area (Å²) in [5, 5.41) is 16.0. The largest absolute Gasteiger partial charge is 0.313 e. The van der Waals surface area contributed by atoms with Gasteiger partial charge in [-0.15, -0.1) is 0 Å². The molecule has 0 aromatic carbocycles. The van der Waals surface area contributed by atoms with Crippen LogP contribution >= 0.6 is 0 Å². The van der Waals surface area contributed by atoms with Crippen molar-refractivity contribution in [3.05, 3.63) is 12.4 Å². The zero-order valence-electron chi connectivity index (χ0n) is 21.8. The van der Waals surface area contributed by atoms with Crippen molar-refractivity contribution in [1.29, 1.82) is 5.41 Å². The second kappa shape index (κ2) is 10.4. The van der Waals surface area contributed by atoms with E-state index in [1.54, 1.807) is 23.8 Å². The molecule has 4 fully saturated rings. The quantitative estimate of drug-likeness (QED) is 0.560. The highest BCUT2D eigenvalue weighted by atomic mass is 32.2. The minimum absolute atomic E-state index is 0.195. The summed E-state index contributed by atoms with van der Waals surface area (Å²) >= 11 is 0. The molecular weight excluding hydrogens is 479 g/mol. The fraction of sp³-hybridized carbons (Fsp3) is 0.846. The number of halogens is 1. The first-order valence-electron chi connectivity index (χ1n) is 13.8. The number of aromatic nitrogens is 2. The van der Waals surface area contributed by atoms with Gasteiger partial charge in [-0.05, 0) is 81.9 Å². The summed E-state index contributed by atoms with van der Waals surface area (Å²) in [6.45, 7) is 5.59. The number of sulfonamides is 1. The maximum atomic E-state index is 13.6. The number of nitrogens with zero attached hydrogens (tertiary/aromatic N) is 4. The lowest BCUT2D eigenvalue weighted by molar-refractivity contribution is 0.0760. The zero-order valence-corrected chi connectivity index (χ0v) is 22.6. The molecule has 3 heterocycles. The van der Waals surface area contributed by atoms with Gasteiger partial charge in [0.25, 0.3) is 0 Å². The van der Waals surface area contributed by atoms with Crippen LogP contribution in [-0.4, -0.2) is 84.1 Å². The smallest absolute Gasteiger partial charge is 0.246 e. The van der Waals surface area contributed by atoms with E-state index in [-0.39, 0.29) is 16.2 Å². The molecule has 4 unspecified atom stereocenters. The zero-order chi connectivity index (χ0) is 25.5. The molecule has 4 atom stereocenters. The Morgan fingerprint density at radius 3 is 2.47 bits per heavy atom. The minimum atomic E-state index is -3.48. The number of alkyl halides is 1. The van der Waals surface area contributed by atoms with E-state index in [9.17, 15) is 12.8 Å². The third-order valence-electron chi connectivity index (χ3n) is 9.67. The summed E-state index contributed by atoms with van der Waals surface area (Å²) in [6.07, 6.45) is 12.1. The Kier molecular flexibility index (Phi) is 7.60. The predicted molar refractivity (Wildman–Crippen MR) is 138 cm³/mol. The molecule has 1 aromatic heterocycles. The van der Waals surface area contributed by atoms with Gasteiger partial charge in [0.05, 0.1) is 6.20 Å². The van der Waals surface area contributed by atoms with Gasteiger partial charge in [0.1, 0.15) is 11.1 Å². The van der Waals surface area contributed by atoms with Gasteiger partial charge in [0.2, 0.25) is 10.0 Å². The lowest BCUT2D eigenvalue weighted by atomic mass is 9.74. The maximum absolute atomic E-state index is 13.6. The van der Waals surface area contributed by atoms with E-state index >= 15 is 0 Å². The van der Waals surface area contributed by atoms with Crippen molar-refractivity contribution >= 4 is 16.2 Å². The highest BCUT2D eigenvalue weighted by Crippen LogP contribution is 2.44. The van der Waals surface area contributed by atoms with Gasteiger partial charge in [-0.3, -0.25) is 9.58 Å². The van der Waals surface area contributed by atoms with Crippen LogP contribution in [-0.2, 0) is 17.1 Å². The van der Waals surface area contributed by atoms with Gasteiger partial charge < -0.3 is 10.7 Å². The van der Waals surface area contributed by atoms with E-state index in [2.05, 4.69) is 22.2 Å². The molecule has 2 N–H and O–H groups in total. The molecule has 5 rings (SSSR count). The fourth-order valence-electron chi connectivity index (χ4n) is 7.36. The number of hydrogen-bond acceptors (Lipinski definition) is 6. The molecule has 1 spiro atoms. The first-order chi connectivity index (χ1) is 17.2. The average molecular weight is 523 g/mol. The number of likely N-dealkylation sites (tertiary alicyclic amines) is 1. The second-order valence-corrected chi connectivity index (χ2v) is 14.0. The summed E-state index contributed by atoms with van der Waals surface area (Å²) in [5.41, 5.74) is 0.195. The van der Waals surface area contributed by atoms with E-state index in [0.717, 1.165) is 58.0 Å². The Morgan fingerprint density at radius 2 is 1.83 bits per heavy atom. The predicted octanol–water partition coefficient (Wildman–Crippen LogP) is 3.20. The Labute approximate surface area is 215 Å². The van der Waals surface area contributed by atoms with Crippen molar-refractivity contribution in [3.8, 4) is 0 Å². The molecule has 10 heteroatoms. The van der Waals surface area contributed by atoms with Gasteiger partial charge in [-0.2, -0.15) is 9.40 Å². The molecule has 1 aromatic rings. The third-order valence-corrected chi connectivity index (χ3v) is 11.5. The molecule has 4 aliphatic rings. The van der Waals surface area contributed by atoms with E-state index in [0.29, 0.717) is 50.0 Å². The van der Waals surface area contributed by atoms with Gasteiger partial charge in [0.15, 0.2) is 0 Å². The minimum Gasteiger partial charge on any atom is -0.313 e. The van der Waals surface area contributed by atoms with E-state index in [4.69, 9.17) is 5.41 Å². The monoisotopic (exact) mass is 522 g/mol. The van der Waals surface area contributed by atoms with Crippen LogP contribution in [0.5, 0.6) is 0 Å². The SMILES string of the molecule is CC1CC(NC2CCC(F)CC2)C(C=N)CC1N1CCC2(CCN(S(=O)(=O)c3cnn(C)c3)CC2)C1. The lowest BCUT2D eigenvalue weighted by Gasteiger charge is -2.45. The number of hydrogen-bond donors (Lipinski definition) is 2. The molecule has 8 nitrogen and oxygen atoms in total. The summed E-state index contributed by atoms with van der Waals surface area (Å²) < 4.78 is 42.8. The molecule has 0 amide bonds. The number of nitrogens with one attached hydrogen (secondary N) is 2. The molecular formula is C26H43FN6O2S. The van der Waals surface area contributed by atoms with Crippen LogP contribution in [0.3, 0.4) is 0 Å². The average Bonchev–Trinajstić information content (AvgIpc) is 3.48. The summed E-state index contributed by atoms with van der Waals surface area (Å²) in [7, 11) is -1.74. The van der Waals surface area contributed by atoms with Crippen molar-refractivity contribution < 1.29 is 12.8 Å². The van der Waals surface area contributed by atoms with Crippen LogP contribution < -0.4 is 5.32 Å². The lowest BCUT2D eigenvalue weighted by Crippen LogP contribution is -2.54. The second-order valence-electron chi connectivity index (χ2n) is 12.0. The number of piperidine rings is 1. The molecule has 0 radical (unpaired) electrons. The van der Waals surface area contributed by atoms with E-state index < -0.39 is 16.2 Å².